The van der Waals surface area contributed by atoms with E-state index in [0.717, 1.165) is 0 Å². The summed E-state index contributed by atoms with van der Waals surface area (Å²) in [5, 5.41) is 0. The van der Waals surface area contributed by atoms with Crippen LogP contribution in [0.3, 0.4) is 0 Å². The lowest BCUT2D eigenvalue weighted by Crippen LogP contribution is -2.13. The van der Waals surface area contributed by atoms with Gasteiger partial charge in [-0.3, -0.25) is 9.05 Å². The average molecular weight is 222 g/mol. The molecule has 2 heterocycles. The Morgan fingerprint density at radius 2 is 2.14 bits per heavy atom. The lowest BCUT2D eigenvalue weighted by Gasteiger charge is -2.13. The Bertz CT molecular complexity index is 257. The molecule has 2 aliphatic heterocycles. The van der Waals surface area contributed by atoms with E-state index in [9.17, 15) is 4.57 Å². The first-order valence-corrected chi connectivity index (χ1v) is 5.65. The zero-order valence-corrected chi connectivity index (χ0v) is 8.35. The van der Waals surface area contributed by atoms with Gasteiger partial charge in [-0.05, 0) is 0 Å². The minimum absolute atomic E-state index is 0.241. The second-order valence-electron chi connectivity index (χ2n) is 2.75. The van der Waals surface area contributed by atoms with Crippen molar-refractivity contribution < 1.29 is 27.6 Å². The molecule has 2 unspecified atom stereocenters. The van der Waals surface area contributed by atoms with Crippen molar-refractivity contribution in [1.82, 2.24) is 0 Å². The third-order valence-corrected chi connectivity index (χ3v) is 3.17. The van der Waals surface area contributed by atoms with Crippen LogP contribution in [-0.4, -0.2) is 32.4 Å². The van der Waals surface area contributed by atoms with Crippen molar-refractivity contribution in [3.05, 3.63) is 12.7 Å². The second kappa shape index (κ2) is 4.10. The van der Waals surface area contributed by atoms with Gasteiger partial charge in [-0.1, -0.05) is 6.08 Å². The molecule has 0 N–H and O–H groups in total. The predicted molar refractivity (Wildman–Crippen MR) is 45.4 cm³/mol. The molecular weight excluding hydrogens is 211 g/mol. The summed E-state index contributed by atoms with van der Waals surface area (Å²) in [5.74, 6) is 0. The van der Waals surface area contributed by atoms with Gasteiger partial charge in [0.15, 0.2) is 0 Å². The molecule has 2 rings (SSSR count). The largest absolute Gasteiger partial charge is 0.479 e. The Morgan fingerprint density at radius 1 is 1.43 bits per heavy atom. The highest BCUT2D eigenvalue weighted by Gasteiger charge is 2.38. The standard InChI is InChI=1S/C7H11O6P/c1-2-6-5-9-7(12-6)13-14(8)10-3-4-11-14/h2,6-7H,1,3-5H2. The van der Waals surface area contributed by atoms with E-state index in [1.54, 1.807) is 6.08 Å². The van der Waals surface area contributed by atoms with Gasteiger partial charge in [-0.15, -0.1) is 6.58 Å². The average Bonchev–Trinajstić information content (AvgIpc) is 2.75. The molecule has 0 saturated carbocycles. The summed E-state index contributed by atoms with van der Waals surface area (Å²) in [6.07, 6.45) is 1.34. The van der Waals surface area contributed by atoms with Crippen LogP contribution in [0, 0.1) is 0 Å². The molecule has 0 aromatic carbocycles. The van der Waals surface area contributed by atoms with Crippen molar-refractivity contribution >= 4 is 7.82 Å². The van der Waals surface area contributed by atoms with Gasteiger partial charge in [0.1, 0.15) is 6.10 Å². The van der Waals surface area contributed by atoms with Gasteiger partial charge in [-0.25, -0.2) is 9.09 Å². The molecule has 2 fully saturated rings. The van der Waals surface area contributed by atoms with E-state index in [1.165, 1.54) is 0 Å². The highest BCUT2D eigenvalue weighted by molar-refractivity contribution is 7.48. The van der Waals surface area contributed by atoms with Gasteiger partial charge in [0.25, 0.3) is 6.48 Å². The molecule has 0 bridgehead atoms. The minimum atomic E-state index is -3.44. The van der Waals surface area contributed by atoms with Gasteiger partial charge < -0.3 is 9.47 Å². The predicted octanol–water partition coefficient (Wildman–Crippen LogP) is 1.04. The molecule has 6 nitrogen and oxygen atoms in total. The molecule has 7 heteroatoms. The molecule has 2 saturated heterocycles. The highest BCUT2D eigenvalue weighted by atomic mass is 31.2. The number of ether oxygens (including phenoxy) is 2. The Balaban J connectivity index is 1.86. The number of hydrogen-bond acceptors (Lipinski definition) is 6. The number of phosphoric acid groups is 1. The fourth-order valence-electron chi connectivity index (χ4n) is 1.08. The summed E-state index contributed by atoms with van der Waals surface area (Å²) >= 11 is 0. The molecule has 0 spiro atoms. The summed E-state index contributed by atoms with van der Waals surface area (Å²) in [5.41, 5.74) is 0. The Hall–Kier alpha value is -0.230. The SMILES string of the molecule is C=CC1COC(OP2(=O)OCCO2)O1. The van der Waals surface area contributed by atoms with Crippen LogP contribution in [0.15, 0.2) is 12.7 Å². The Morgan fingerprint density at radius 3 is 2.71 bits per heavy atom. The summed E-state index contributed by atoms with van der Waals surface area (Å²) in [7, 11) is -3.44. The number of phosphoric ester groups is 1. The number of hydrogen-bond donors (Lipinski definition) is 0. The molecule has 2 aliphatic rings. The van der Waals surface area contributed by atoms with Crippen molar-refractivity contribution in [2.45, 2.75) is 12.6 Å². The molecule has 80 valence electrons. The van der Waals surface area contributed by atoms with E-state index in [4.69, 9.17) is 23.0 Å². The lowest BCUT2D eigenvalue weighted by molar-refractivity contribution is -0.190. The second-order valence-corrected chi connectivity index (χ2v) is 4.37. The topological polar surface area (TPSA) is 63.2 Å². The van der Waals surface area contributed by atoms with Crippen molar-refractivity contribution in [2.75, 3.05) is 19.8 Å². The van der Waals surface area contributed by atoms with Crippen LogP contribution in [0.1, 0.15) is 0 Å². The van der Waals surface area contributed by atoms with Crippen LogP contribution in [0.2, 0.25) is 0 Å². The van der Waals surface area contributed by atoms with Crippen molar-refractivity contribution in [1.29, 1.82) is 0 Å². The van der Waals surface area contributed by atoms with Crippen LogP contribution in [0.5, 0.6) is 0 Å². The van der Waals surface area contributed by atoms with Crippen LogP contribution in [-0.2, 0) is 27.6 Å². The quantitative estimate of drug-likeness (QED) is 0.525. The molecule has 0 radical (unpaired) electrons. The maximum atomic E-state index is 11.5. The summed E-state index contributed by atoms with van der Waals surface area (Å²) in [6, 6.07) is 0. The first-order chi connectivity index (χ1) is 6.72. The van der Waals surface area contributed by atoms with Crippen LogP contribution in [0.4, 0.5) is 0 Å². The molecule has 2 atom stereocenters. The van der Waals surface area contributed by atoms with Gasteiger partial charge in [0.2, 0.25) is 0 Å². The smallest absolute Gasteiger partial charge is 0.326 e. The zero-order valence-electron chi connectivity index (χ0n) is 7.46. The maximum Gasteiger partial charge on any atom is 0.479 e. The highest BCUT2D eigenvalue weighted by Crippen LogP contribution is 2.54. The van der Waals surface area contributed by atoms with Crippen LogP contribution in [0.25, 0.3) is 0 Å². The summed E-state index contributed by atoms with van der Waals surface area (Å²) in [4.78, 5) is 0. The fraction of sp³-hybridized carbons (Fsp3) is 0.714. The molecule has 0 amide bonds. The normalized spacial score (nSPS) is 36.0. The Labute approximate surface area is 81.3 Å². The minimum Gasteiger partial charge on any atom is -0.326 e. The molecule has 0 aliphatic carbocycles. The van der Waals surface area contributed by atoms with Gasteiger partial charge in [-0.2, -0.15) is 0 Å². The van der Waals surface area contributed by atoms with E-state index < -0.39 is 14.3 Å². The Kier molecular flexibility index (Phi) is 3.02. The van der Waals surface area contributed by atoms with Gasteiger partial charge >= 0.3 is 7.82 Å². The third-order valence-electron chi connectivity index (χ3n) is 1.74. The van der Waals surface area contributed by atoms with Gasteiger partial charge in [0.05, 0.1) is 19.8 Å². The molecule has 0 aromatic rings. The zero-order chi connectivity index (χ0) is 10.0. The summed E-state index contributed by atoms with van der Waals surface area (Å²) in [6.45, 7) is 3.38. The molecule has 0 aromatic heterocycles. The van der Waals surface area contributed by atoms with Crippen LogP contribution >= 0.6 is 7.82 Å². The first-order valence-electron chi connectivity index (χ1n) is 4.19. The maximum absolute atomic E-state index is 11.5. The van der Waals surface area contributed by atoms with Crippen molar-refractivity contribution in [3.63, 3.8) is 0 Å². The first kappa shape index (κ1) is 10.3. The van der Waals surface area contributed by atoms with E-state index in [-0.39, 0.29) is 19.3 Å². The monoisotopic (exact) mass is 222 g/mol. The third kappa shape index (κ3) is 2.23. The van der Waals surface area contributed by atoms with Crippen molar-refractivity contribution in [2.24, 2.45) is 0 Å². The van der Waals surface area contributed by atoms with E-state index in [0.29, 0.717) is 6.61 Å². The van der Waals surface area contributed by atoms with E-state index in [1.807, 2.05) is 0 Å². The molecule has 14 heavy (non-hydrogen) atoms. The van der Waals surface area contributed by atoms with Crippen molar-refractivity contribution in [3.8, 4) is 0 Å². The lowest BCUT2D eigenvalue weighted by atomic mass is 10.4. The van der Waals surface area contributed by atoms with Gasteiger partial charge in [0, 0.05) is 0 Å². The molecular formula is C7H11O6P. The summed E-state index contributed by atoms with van der Waals surface area (Å²) < 4.78 is 36.2. The van der Waals surface area contributed by atoms with E-state index >= 15 is 0 Å². The fourth-order valence-corrected chi connectivity index (χ4v) is 2.19. The number of rotatable bonds is 3. The van der Waals surface area contributed by atoms with E-state index in [2.05, 4.69) is 6.58 Å². The van der Waals surface area contributed by atoms with Crippen LogP contribution < -0.4 is 0 Å².